The lowest BCUT2D eigenvalue weighted by Gasteiger charge is -2.32. The second kappa shape index (κ2) is 13.3. The summed E-state index contributed by atoms with van der Waals surface area (Å²) in [5.74, 6) is -1.70. The second-order valence-electron chi connectivity index (χ2n) is 9.05. The molecule has 208 valence electrons. The molecule has 11 heteroatoms. The summed E-state index contributed by atoms with van der Waals surface area (Å²) in [5, 5.41) is 3.44. The van der Waals surface area contributed by atoms with Crippen molar-refractivity contribution >= 4 is 50.7 Å². The average molecular weight is 595 g/mol. The van der Waals surface area contributed by atoms with Gasteiger partial charge < -0.3 is 10.2 Å². The maximum absolute atomic E-state index is 14.6. The largest absolute Gasteiger partial charge is 0.352 e. The number of nitrogens with zero attached hydrogens (tertiary/aromatic N) is 2. The summed E-state index contributed by atoms with van der Waals surface area (Å²) >= 11 is 12.1. The molecule has 0 bridgehead atoms. The van der Waals surface area contributed by atoms with Crippen LogP contribution in [0.3, 0.4) is 0 Å². The van der Waals surface area contributed by atoms with Crippen molar-refractivity contribution in [2.75, 3.05) is 10.8 Å². The van der Waals surface area contributed by atoms with Crippen molar-refractivity contribution in [3.63, 3.8) is 0 Å². The molecule has 0 spiro atoms. The van der Waals surface area contributed by atoms with Gasteiger partial charge in [-0.15, -0.1) is 0 Å². The molecular formula is C28H30Cl2FN3O4S. The van der Waals surface area contributed by atoms with E-state index in [1.54, 1.807) is 18.2 Å². The number of hydrogen-bond acceptors (Lipinski definition) is 4. The molecule has 0 fully saturated rings. The lowest BCUT2D eigenvalue weighted by Crippen LogP contribution is -2.52. The first-order valence-electron chi connectivity index (χ1n) is 12.3. The number of amides is 2. The van der Waals surface area contributed by atoms with Gasteiger partial charge in [0, 0.05) is 28.2 Å². The highest BCUT2D eigenvalue weighted by Crippen LogP contribution is 2.27. The minimum absolute atomic E-state index is 0.0945. The van der Waals surface area contributed by atoms with E-state index in [2.05, 4.69) is 5.32 Å². The molecule has 0 heterocycles. The predicted molar refractivity (Wildman–Crippen MR) is 152 cm³/mol. The molecule has 0 aromatic heterocycles. The van der Waals surface area contributed by atoms with Crippen molar-refractivity contribution in [1.29, 1.82) is 0 Å². The zero-order chi connectivity index (χ0) is 28.7. The number of carbonyl (C=O) groups excluding carboxylic acids is 2. The van der Waals surface area contributed by atoms with Crippen molar-refractivity contribution in [1.82, 2.24) is 10.2 Å². The molecule has 0 radical (unpaired) electrons. The highest BCUT2D eigenvalue weighted by Gasteiger charge is 2.33. The van der Waals surface area contributed by atoms with E-state index in [1.165, 1.54) is 66.4 Å². The van der Waals surface area contributed by atoms with Gasteiger partial charge >= 0.3 is 0 Å². The van der Waals surface area contributed by atoms with Crippen LogP contribution in [0.5, 0.6) is 0 Å². The van der Waals surface area contributed by atoms with Crippen LogP contribution < -0.4 is 9.62 Å². The van der Waals surface area contributed by atoms with Gasteiger partial charge in [-0.2, -0.15) is 0 Å². The van der Waals surface area contributed by atoms with Gasteiger partial charge in [0.25, 0.3) is 10.0 Å². The monoisotopic (exact) mass is 593 g/mol. The molecule has 0 aliphatic heterocycles. The van der Waals surface area contributed by atoms with Crippen LogP contribution in [0, 0.1) is 5.82 Å². The summed E-state index contributed by atoms with van der Waals surface area (Å²) in [7, 11) is -4.27. The first-order chi connectivity index (χ1) is 18.4. The van der Waals surface area contributed by atoms with Gasteiger partial charge in [0.1, 0.15) is 18.4 Å². The van der Waals surface area contributed by atoms with E-state index in [1.807, 2.05) is 13.8 Å². The zero-order valence-electron chi connectivity index (χ0n) is 21.8. The van der Waals surface area contributed by atoms with Gasteiger partial charge in [-0.1, -0.05) is 54.4 Å². The van der Waals surface area contributed by atoms with E-state index in [-0.39, 0.29) is 33.8 Å². The molecule has 0 aliphatic rings. The molecule has 2 atom stereocenters. The van der Waals surface area contributed by atoms with Crippen LogP contribution in [0.2, 0.25) is 10.0 Å². The summed E-state index contributed by atoms with van der Waals surface area (Å²) in [5.41, 5.74) is 0.331. The topological polar surface area (TPSA) is 86.8 Å². The minimum atomic E-state index is -4.27. The number of anilines is 1. The van der Waals surface area contributed by atoms with Gasteiger partial charge in [-0.25, -0.2) is 12.8 Å². The Balaban J connectivity index is 2.04. The summed E-state index contributed by atoms with van der Waals surface area (Å²) in [6.45, 7) is 4.34. The third-order valence-electron chi connectivity index (χ3n) is 6.24. The molecular weight excluding hydrogens is 564 g/mol. The van der Waals surface area contributed by atoms with Crippen molar-refractivity contribution in [2.45, 2.75) is 50.7 Å². The Hall–Kier alpha value is -3.14. The Morgan fingerprint density at radius 2 is 1.62 bits per heavy atom. The Labute approximate surface area is 238 Å². The highest BCUT2D eigenvalue weighted by atomic mass is 35.5. The zero-order valence-corrected chi connectivity index (χ0v) is 24.1. The number of halogens is 3. The maximum atomic E-state index is 14.6. The van der Waals surface area contributed by atoms with Gasteiger partial charge in [0.15, 0.2) is 0 Å². The Morgan fingerprint density at radius 3 is 2.23 bits per heavy atom. The number of sulfonamides is 1. The smallest absolute Gasteiger partial charge is 0.264 e. The Bertz CT molecular complexity index is 1420. The lowest BCUT2D eigenvalue weighted by atomic mass is 10.1. The molecule has 2 amide bonds. The van der Waals surface area contributed by atoms with E-state index in [0.29, 0.717) is 11.4 Å². The number of rotatable bonds is 11. The summed E-state index contributed by atoms with van der Waals surface area (Å²) in [4.78, 5) is 27.9. The van der Waals surface area contributed by atoms with Crippen LogP contribution in [-0.4, -0.2) is 43.8 Å². The summed E-state index contributed by atoms with van der Waals surface area (Å²) < 4.78 is 43.0. The number of nitrogens with one attached hydrogen (secondary N) is 1. The second-order valence-corrected chi connectivity index (χ2v) is 11.8. The van der Waals surface area contributed by atoms with Gasteiger partial charge in [0.05, 0.1) is 10.6 Å². The molecule has 7 nitrogen and oxygen atoms in total. The molecule has 0 aliphatic carbocycles. The highest BCUT2D eigenvalue weighted by molar-refractivity contribution is 7.92. The number of carbonyl (C=O) groups is 2. The van der Waals surface area contributed by atoms with Gasteiger partial charge in [-0.05, 0) is 68.8 Å². The van der Waals surface area contributed by atoms with Crippen LogP contribution in [0.25, 0.3) is 0 Å². The molecule has 0 saturated carbocycles. The van der Waals surface area contributed by atoms with Crippen molar-refractivity contribution in [3.05, 3.63) is 94.2 Å². The standard InChI is InChI=1S/C28H30Cl2FN3O4S/c1-4-19(2)32-28(36)20(3)33(17-21-8-5-6-11-26(21)31)27(35)18-34(24-10-7-9-23(30)16-24)39(37,38)25-14-12-22(29)13-15-25/h5-16,19-20H,4,17-18H2,1-3H3,(H,32,36)/t19-,20+/m1/s1. The van der Waals surface area contributed by atoms with Crippen LogP contribution in [0.15, 0.2) is 77.7 Å². The van der Waals surface area contributed by atoms with E-state index in [4.69, 9.17) is 23.2 Å². The minimum Gasteiger partial charge on any atom is -0.352 e. The summed E-state index contributed by atoms with van der Waals surface area (Å²) in [6, 6.07) is 16.3. The Morgan fingerprint density at radius 1 is 0.949 bits per heavy atom. The third kappa shape index (κ3) is 7.71. The maximum Gasteiger partial charge on any atom is 0.264 e. The molecule has 1 N–H and O–H groups in total. The Kier molecular flexibility index (Phi) is 10.4. The van der Waals surface area contributed by atoms with E-state index in [0.717, 1.165) is 4.31 Å². The third-order valence-corrected chi connectivity index (χ3v) is 8.52. The fourth-order valence-electron chi connectivity index (χ4n) is 3.75. The van der Waals surface area contributed by atoms with Crippen LogP contribution in [0.4, 0.5) is 10.1 Å². The fraction of sp³-hybridized carbons (Fsp3) is 0.286. The van der Waals surface area contributed by atoms with E-state index >= 15 is 0 Å². The van der Waals surface area contributed by atoms with Crippen LogP contribution >= 0.6 is 23.2 Å². The first-order valence-corrected chi connectivity index (χ1v) is 14.5. The molecule has 39 heavy (non-hydrogen) atoms. The normalized spacial score (nSPS) is 12.9. The quantitative estimate of drug-likeness (QED) is 0.311. The molecule has 3 aromatic rings. The van der Waals surface area contributed by atoms with Crippen LogP contribution in [-0.2, 0) is 26.2 Å². The molecule has 0 saturated heterocycles. The van der Waals surface area contributed by atoms with E-state index in [9.17, 15) is 22.4 Å². The lowest BCUT2D eigenvalue weighted by molar-refractivity contribution is -0.139. The average Bonchev–Trinajstić information content (AvgIpc) is 2.90. The predicted octanol–water partition coefficient (Wildman–Crippen LogP) is 5.66. The SMILES string of the molecule is CC[C@@H](C)NC(=O)[C@H](C)N(Cc1ccccc1F)C(=O)CN(c1cccc(Cl)c1)S(=O)(=O)c1ccc(Cl)cc1. The van der Waals surface area contributed by atoms with Crippen molar-refractivity contribution in [3.8, 4) is 0 Å². The van der Waals surface area contributed by atoms with Gasteiger partial charge in [-0.3, -0.25) is 13.9 Å². The number of hydrogen-bond donors (Lipinski definition) is 1. The summed E-state index contributed by atoms with van der Waals surface area (Å²) in [6.07, 6.45) is 0.668. The van der Waals surface area contributed by atoms with Crippen molar-refractivity contribution < 1.29 is 22.4 Å². The van der Waals surface area contributed by atoms with E-state index < -0.39 is 40.2 Å². The van der Waals surface area contributed by atoms with Crippen molar-refractivity contribution in [2.24, 2.45) is 0 Å². The first kappa shape index (κ1) is 30.4. The van der Waals surface area contributed by atoms with Gasteiger partial charge in [0.2, 0.25) is 11.8 Å². The molecule has 3 rings (SSSR count). The molecule has 0 unspecified atom stereocenters. The van der Waals surface area contributed by atoms with Crippen LogP contribution in [0.1, 0.15) is 32.8 Å². The number of benzene rings is 3. The molecule has 3 aromatic carbocycles. The fourth-order valence-corrected chi connectivity index (χ4v) is 5.47.